The average molecular weight is 332 g/mol. The number of hydrogen-bond acceptors (Lipinski definition) is 3. The van der Waals surface area contributed by atoms with Gasteiger partial charge in [-0.05, 0) is 48.4 Å². The van der Waals surface area contributed by atoms with Gasteiger partial charge in [0.05, 0.1) is 12.7 Å². The molecule has 6 heteroatoms. The Hall–Kier alpha value is -2.34. The maximum Gasteiger partial charge on any atom is 0.335 e. The molecule has 1 heterocycles. The first-order valence-corrected chi connectivity index (χ1v) is 7.97. The van der Waals surface area contributed by atoms with Crippen molar-refractivity contribution in [3.05, 3.63) is 64.9 Å². The average Bonchev–Trinajstić information content (AvgIpc) is 2.88. The molecule has 1 N–H and O–H groups in total. The summed E-state index contributed by atoms with van der Waals surface area (Å²) >= 11 is 1.36. The Labute approximate surface area is 138 Å². The number of carbonyl (C=O) groups is 2. The number of amides is 1. The van der Waals surface area contributed by atoms with E-state index >= 15 is 0 Å². The van der Waals surface area contributed by atoms with Gasteiger partial charge in [-0.2, -0.15) is 0 Å². The molecule has 0 spiro atoms. The summed E-state index contributed by atoms with van der Waals surface area (Å²) in [6, 6.07) is 8.51. The molecule has 0 bridgehead atoms. The monoisotopic (exact) mass is 332 g/mol. The quantitative estimate of drug-likeness (QED) is 0.933. The summed E-state index contributed by atoms with van der Waals surface area (Å²) in [6.45, 7) is 1.74. The molecular weight excluding hydrogens is 317 g/mol. The number of halogens is 1. The van der Waals surface area contributed by atoms with Crippen molar-refractivity contribution in [2.75, 3.05) is 10.7 Å². The highest BCUT2D eigenvalue weighted by molar-refractivity contribution is 8.00. The Kier molecular flexibility index (Phi) is 3.75. The summed E-state index contributed by atoms with van der Waals surface area (Å²) in [4.78, 5) is 25.0. The molecule has 0 aliphatic carbocycles. The van der Waals surface area contributed by atoms with Crippen molar-refractivity contribution >= 4 is 29.3 Å². The van der Waals surface area contributed by atoms with Crippen LogP contribution in [0.5, 0.6) is 0 Å². The number of thioether (sulfide) groups is 1. The Bertz CT molecular complexity index is 843. The van der Waals surface area contributed by atoms with Crippen LogP contribution in [0.4, 0.5) is 10.1 Å². The van der Waals surface area contributed by atoms with Gasteiger partial charge in [0.2, 0.25) is 5.91 Å². The van der Waals surface area contributed by atoms with Crippen molar-refractivity contribution in [2.24, 2.45) is 0 Å². The minimum absolute atomic E-state index is 0.0343. The molecular formula is C17H14FNO3S. The van der Waals surface area contributed by atoms with E-state index in [2.05, 4.69) is 0 Å². The maximum absolute atomic E-state index is 13.3. The Balaban J connectivity index is 2.04. The summed E-state index contributed by atoms with van der Waals surface area (Å²) in [5.41, 5.74) is 1.96. The SMILES string of the molecule is [2H]c1cc(F)ccc1C1SCC(=O)N1c1ccc(C(=O)O)cc1C. The largest absolute Gasteiger partial charge is 0.478 e. The fourth-order valence-corrected chi connectivity index (χ4v) is 3.69. The number of carboxylic acids is 1. The van der Waals surface area contributed by atoms with Crippen LogP contribution in [0.3, 0.4) is 0 Å². The van der Waals surface area contributed by atoms with E-state index in [9.17, 15) is 14.0 Å². The van der Waals surface area contributed by atoms with E-state index in [-0.39, 0.29) is 23.3 Å². The number of carboxylic acid groups (broad SMARTS) is 1. The molecule has 1 amide bonds. The first-order valence-electron chi connectivity index (χ1n) is 7.42. The van der Waals surface area contributed by atoms with E-state index in [1.54, 1.807) is 17.9 Å². The van der Waals surface area contributed by atoms with Crippen molar-refractivity contribution in [1.29, 1.82) is 0 Å². The number of rotatable bonds is 3. The van der Waals surface area contributed by atoms with Crippen molar-refractivity contribution < 1.29 is 20.5 Å². The van der Waals surface area contributed by atoms with Gasteiger partial charge < -0.3 is 5.11 Å². The molecule has 2 aromatic carbocycles. The van der Waals surface area contributed by atoms with Gasteiger partial charge in [0, 0.05) is 5.69 Å². The molecule has 0 radical (unpaired) electrons. The molecule has 1 aliphatic rings. The Morgan fingerprint density at radius 3 is 2.83 bits per heavy atom. The van der Waals surface area contributed by atoms with E-state index in [0.717, 1.165) is 6.07 Å². The van der Waals surface area contributed by atoms with Crippen LogP contribution in [0, 0.1) is 12.7 Å². The molecule has 1 fully saturated rings. The first kappa shape index (κ1) is 14.3. The maximum atomic E-state index is 13.3. The van der Waals surface area contributed by atoms with Crippen LogP contribution >= 0.6 is 11.8 Å². The molecule has 118 valence electrons. The van der Waals surface area contributed by atoms with Crippen molar-refractivity contribution in [3.8, 4) is 0 Å². The zero-order valence-electron chi connectivity index (χ0n) is 13.2. The van der Waals surface area contributed by atoms with Gasteiger partial charge >= 0.3 is 5.97 Å². The number of aromatic carboxylic acids is 1. The molecule has 2 aromatic rings. The van der Waals surface area contributed by atoms with E-state index in [1.165, 1.54) is 36.0 Å². The fourth-order valence-electron chi connectivity index (χ4n) is 2.54. The summed E-state index contributed by atoms with van der Waals surface area (Å²) in [7, 11) is 0. The first-order chi connectivity index (χ1) is 11.4. The molecule has 1 atom stereocenters. The van der Waals surface area contributed by atoms with Crippen LogP contribution in [0.2, 0.25) is 0 Å². The van der Waals surface area contributed by atoms with Gasteiger partial charge in [0.25, 0.3) is 0 Å². The van der Waals surface area contributed by atoms with Gasteiger partial charge in [-0.25, -0.2) is 9.18 Å². The van der Waals surface area contributed by atoms with Crippen molar-refractivity contribution in [2.45, 2.75) is 12.3 Å². The summed E-state index contributed by atoms with van der Waals surface area (Å²) in [6.07, 6.45) is 0. The highest BCUT2D eigenvalue weighted by Gasteiger charge is 2.34. The lowest BCUT2D eigenvalue weighted by atomic mass is 10.1. The third-order valence-corrected chi connectivity index (χ3v) is 4.83. The molecule has 1 aliphatic heterocycles. The summed E-state index contributed by atoms with van der Waals surface area (Å²) in [5.74, 6) is -1.40. The van der Waals surface area contributed by atoms with Crippen LogP contribution in [0.15, 0.2) is 42.4 Å². The topological polar surface area (TPSA) is 57.6 Å². The number of hydrogen-bond donors (Lipinski definition) is 1. The second-order valence-corrected chi connectivity index (χ2v) is 6.26. The zero-order valence-corrected chi connectivity index (χ0v) is 13.1. The molecule has 23 heavy (non-hydrogen) atoms. The highest BCUT2D eigenvalue weighted by Crippen LogP contribution is 2.42. The highest BCUT2D eigenvalue weighted by atomic mass is 32.2. The van der Waals surface area contributed by atoms with Gasteiger partial charge in [0.15, 0.2) is 0 Å². The molecule has 0 aromatic heterocycles. The molecule has 1 unspecified atom stereocenters. The molecule has 1 saturated heterocycles. The number of aryl methyl sites for hydroxylation is 1. The van der Waals surface area contributed by atoms with Crippen LogP contribution in [0.25, 0.3) is 0 Å². The summed E-state index contributed by atoms with van der Waals surface area (Å²) < 4.78 is 21.2. The van der Waals surface area contributed by atoms with Crippen molar-refractivity contribution in [1.82, 2.24) is 0 Å². The van der Waals surface area contributed by atoms with Crippen LogP contribution in [-0.4, -0.2) is 22.7 Å². The number of carbonyl (C=O) groups excluding carboxylic acids is 1. The zero-order chi connectivity index (χ0) is 17.4. The lowest BCUT2D eigenvalue weighted by Crippen LogP contribution is -2.28. The van der Waals surface area contributed by atoms with E-state index in [4.69, 9.17) is 6.48 Å². The predicted molar refractivity (Wildman–Crippen MR) is 87.2 cm³/mol. The fraction of sp³-hybridized carbons (Fsp3) is 0.176. The molecule has 4 nitrogen and oxygen atoms in total. The summed E-state index contributed by atoms with van der Waals surface area (Å²) in [5, 5.41) is 8.63. The minimum Gasteiger partial charge on any atom is -0.478 e. The van der Waals surface area contributed by atoms with Gasteiger partial charge in [0.1, 0.15) is 11.2 Å². The van der Waals surface area contributed by atoms with E-state index in [1.807, 2.05) is 0 Å². The van der Waals surface area contributed by atoms with Gasteiger partial charge in [-0.1, -0.05) is 12.1 Å². The molecule has 3 rings (SSSR count). The lowest BCUT2D eigenvalue weighted by Gasteiger charge is -2.26. The Morgan fingerprint density at radius 1 is 1.39 bits per heavy atom. The van der Waals surface area contributed by atoms with E-state index < -0.39 is 17.2 Å². The van der Waals surface area contributed by atoms with Gasteiger partial charge in [-0.3, -0.25) is 9.69 Å². The number of nitrogens with zero attached hydrogens (tertiary/aromatic N) is 1. The lowest BCUT2D eigenvalue weighted by molar-refractivity contribution is -0.115. The second-order valence-electron chi connectivity index (χ2n) is 5.20. The van der Waals surface area contributed by atoms with Crippen LogP contribution < -0.4 is 4.90 Å². The minimum atomic E-state index is -1.03. The number of benzene rings is 2. The van der Waals surface area contributed by atoms with Crippen molar-refractivity contribution in [3.63, 3.8) is 0 Å². The van der Waals surface area contributed by atoms with Crippen LogP contribution in [0.1, 0.15) is 28.2 Å². The van der Waals surface area contributed by atoms with Crippen LogP contribution in [-0.2, 0) is 4.79 Å². The predicted octanol–water partition coefficient (Wildman–Crippen LogP) is 3.61. The normalized spacial score (nSPS) is 18.2. The Morgan fingerprint density at radius 2 is 2.17 bits per heavy atom. The third kappa shape index (κ3) is 2.94. The smallest absolute Gasteiger partial charge is 0.335 e. The second kappa shape index (κ2) is 6.04. The third-order valence-electron chi connectivity index (χ3n) is 3.64. The standard InChI is InChI=1S/C17H14FNO3S/c1-10-8-12(17(21)22)4-7-14(10)19-15(20)9-23-16(19)11-2-5-13(18)6-3-11/h2-8,16H,9H2,1H3,(H,21,22)/i2D. The van der Waals surface area contributed by atoms with Gasteiger partial charge in [-0.15, -0.1) is 11.8 Å². The molecule has 0 saturated carbocycles. The van der Waals surface area contributed by atoms with E-state index in [0.29, 0.717) is 16.8 Å². The number of anilines is 1.